The number of benzene rings is 1. The van der Waals surface area contributed by atoms with E-state index in [0.717, 1.165) is 6.42 Å². The number of aromatic amines is 1. The molecule has 2 aromatic rings. The third-order valence-electron chi connectivity index (χ3n) is 4.09. The molecule has 7 nitrogen and oxygen atoms in total. The Morgan fingerprint density at radius 1 is 0.964 bits per heavy atom. The molecular formula is C21H25NO6. The Labute approximate surface area is 164 Å². The Kier molecular flexibility index (Phi) is 7.37. The van der Waals surface area contributed by atoms with Crippen LogP contribution >= 0.6 is 0 Å². The lowest BCUT2D eigenvalue weighted by Gasteiger charge is -2.07. The maximum absolute atomic E-state index is 12.4. The van der Waals surface area contributed by atoms with Crippen LogP contribution in [0.2, 0.25) is 0 Å². The van der Waals surface area contributed by atoms with Crippen molar-refractivity contribution in [1.82, 2.24) is 4.98 Å². The van der Waals surface area contributed by atoms with Crippen LogP contribution in [0.4, 0.5) is 0 Å². The van der Waals surface area contributed by atoms with Gasteiger partial charge in [0.1, 0.15) is 5.75 Å². The van der Waals surface area contributed by atoms with E-state index in [4.69, 9.17) is 14.2 Å². The molecule has 0 fully saturated rings. The number of H-pyrrole nitrogens is 1. The molecule has 0 atom stereocenters. The van der Waals surface area contributed by atoms with Gasteiger partial charge in [0, 0.05) is 5.69 Å². The van der Waals surface area contributed by atoms with Crippen LogP contribution in [0, 0.1) is 13.8 Å². The van der Waals surface area contributed by atoms with Gasteiger partial charge in [-0.05, 0) is 57.0 Å². The molecular weight excluding hydrogens is 362 g/mol. The molecule has 0 spiro atoms. The molecule has 1 aromatic heterocycles. The number of aryl methyl sites for hydroxylation is 1. The first kappa shape index (κ1) is 21.2. The van der Waals surface area contributed by atoms with E-state index in [-0.39, 0.29) is 12.3 Å². The molecule has 0 unspecified atom stereocenters. The predicted octanol–water partition coefficient (Wildman–Crippen LogP) is 3.64. The van der Waals surface area contributed by atoms with E-state index in [1.807, 2.05) is 6.92 Å². The Hall–Kier alpha value is -3.09. The number of hydrogen-bond donors (Lipinski definition) is 1. The number of Topliss-reactive ketones (excluding diaryl/α,β-unsaturated/α-hetero) is 1. The van der Waals surface area contributed by atoms with Gasteiger partial charge in [-0.1, -0.05) is 6.92 Å². The molecule has 1 N–H and O–H groups in total. The number of rotatable bonds is 9. The first-order valence-corrected chi connectivity index (χ1v) is 9.18. The molecule has 1 aromatic carbocycles. The van der Waals surface area contributed by atoms with Crippen LogP contribution in [0.25, 0.3) is 0 Å². The van der Waals surface area contributed by atoms with Crippen molar-refractivity contribution in [3.8, 4) is 5.75 Å². The molecule has 7 heteroatoms. The Morgan fingerprint density at radius 2 is 1.64 bits per heavy atom. The fourth-order valence-electron chi connectivity index (χ4n) is 2.73. The molecule has 1 heterocycles. The minimum atomic E-state index is -0.609. The van der Waals surface area contributed by atoms with Gasteiger partial charge in [0.25, 0.3) is 0 Å². The molecule has 0 bridgehead atoms. The summed E-state index contributed by atoms with van der Waals surface area (Å²) in [6.45, 7) is 7.46. The topological polar surface area (TPSA) is 94.7 Å². The van der Waals surface area contributed by atoms with E-state index in [9.17, 15) is 14.4 Å². The molecule has 0 amide bonds. The fourth-order valence-corrected chi connectivity index (χ4v) is 2.73. The van der Waals surface area contributed by atoms with E-state index < -0.39 is 24.3 Å². The number of esters is 2. The number of aromatic nitrogens is 1. The van der Waals surface area contributed by atoms with Crippen LogP contribution in [0.1, 0.15) is 62.7 Å². The number of carbonyl (C=O) groups excluding carboxylic acids is 3. The maximum atomic E-state index is 12.4. The van der Waals surface area contributed by atoms with Gasteiger partial charge < -0.3 is 19.2 Å². The van der Waals surface area contributed by atoms with E-state index in [2.05, 4.69) is 4.98 Å². The Balaban J connectivity index is 2.01. The Bertz CT molecular complexity index is 851. The molecule has 150 valence electrons. The van der Waals surface area contributed by atoms with Crippen LogP contribution < -0.4 is 4.74 Å². The van der Waals surface area contributed by atoms with Crippen molar-refractivity contribution in [3.63, 3.8) is 0 Å². The van der Waals surface area contributed by atoms with Gasteiger partial charge in [0.15, 0.2) is 6.61 Å². The van der Waals surface area contributed by atoms with Crippen molar-refractivity contribution in [2.45, 2.75) is 34.1 Å². The number of carbonyl (C=O) groups is 3. The lowest BCUT2D eigenvalue weighted by molar-refractivity contribution is 0.0472. The van der Waals surface area contributed by atoms with E-state index in [0.29, 0.717) is 34.7 Å². The number of hydrogen-bond acceptors (Lipinski definition) is 6. The van der Waals surface area contributed by atoms with Gasteiger partial charge in [0.05, 0.1) is 30.0 Å². The van der Waals surface area contributed by atoms with Crippen LogP contribution in [0.3, 0.4) is 0 Å². The summed E-state index contributed by atoms with van der Waals surface area (Å²) in [6, 6.07) is 6.53. The summed E-state index contributed by atoms with van der Waals surface area (Å²) < 4.78 is 15.6. The van der Waals surface area contributed by atoms with Crippen molar-refractivity contribution in [3.05, 3.63) is 52.3 Å². The minimum Gasteiger partial charge on any atom is -0.494 e. The molecule has 0 saturated carbocycles. The fraction of sp³-hybridized carbons (Fsp3) is 0.381. The molecule has 0 aliphatic carbocycles. The van der Waals surface area contributed by atoms with Gasteiger partial charge in [-0.3, -0.25) is 4.79 Å². The lowest BCUT2D eigenvalue weighted by atomic mass is 10.1. The summed E-state index contributed by atoms with van der Waals surface area (Å²) in [4.78, 5) is 39.5. The third kappa shape index (κ3) is 5.00. The molecule has 0 radical (unpaired) electrons. The summed E-state index contributed by atoms with van der Waals surface area (Å²) in [6.07, 6.45) is 0.890. The average molecular weight is 387 g/mol. The van der Waals surface area contributed by atoms with Crippen LogP contribution in [0.15, 0.2) is 24.3 Å². The van der Waals surface area contributed by atoms with E-state index in [1.54, 1.807) is 45.0 Å². The van der Waals surface area contributed by atoms with Gasteiger partial charge in [-0.15, -0.1) is 0 Å². The van der Waals surface area contributed by atoms with Gasteiger partial charge in [0.2, 0.25) is 5.78 Å². The van der Waals surface area contributed by atoms with Crippen molar-refractivity contribution in [2.75, 3.05) is 19.8 Å². The quantitative estimate of drug-likeness (QED) is 0.521. The highest BCUT2D eigenvalue weighted by Crippen LogP contribution is 2.20. The summed E-state index contributed by atoms with van der Waals surface area (Å²) in [5, 5.41) is 0. The first-order valence-electron chi connectivity index (χ1n) is 9.18. The summed E-state index contributed by atoms with van der Waals surface area (Å²) in [5.74, 6) is -0.858. The highest BCUT2D eigenvalue weighted by atomic mass is 16.5. The van der Waals surface area contributed by atoms with Crippen molar-refractivity contribution in [2.24, 2.45) is 0 Å². The highest BCUT2D eigenvalue weighted by molar-refractivity contribution is 6.03. The molecule has 0 aliphatic heterocycles. The van der Waals surface area contributed by atoms with Crippen LogP contribution in [-0.4, -0.2) is 42.5 Å². The highest BCUT2D eigenvalue weighted by Gasteiger charge is 2.23. The number of ether oxygens (including phenoxy) is 3. The molecule has 0 saturated heterocycles. The zero-order chi connectivity index (χ0) is 20.7. The maximum Gasteiger partial charge on any atom is 0.340 e. The van der Waals surface area contributed by atoms with Gasteiger partial charge >= 0.3 is 11.9 Å². The van der Waals surface area contributed by atoms with E-state index in [1.165, 1.54) is 0 Å². The molecule has 2 rings (SSSR count). The molecule has 0 aliphatic rings. The monoisotopic (exact) mass is 387 g/mol. The lowest BCUT2D eigenvalue weighted by Crippen LogP contribution is -2.15. The SMILES string of the molecule is CCCOc1ccc(C(=O)OCC(=O)c2[nH]c(C)c(C(=O)OCC)c2C)cc1. The van der Waals surface area contributed by atoms with Crippen LogP contribution in [-0.2, 0) is 9.47 Å². The minimum absolute atomic E-state index is 0.233. The second-order valence-corrected chi connectivity index (χ2v) is 6.22. The second-order valence-electron chi connectivity index (χ2n) is 6.22. The second kappa shape index (κ2) is 9.73. The molecule has 28 heavy (non-hydrogen) atoms. The first-order chi connectivity index (χ1) is 13.4. The smallest absolute Gasteiger partial charge is 0.340 e. The van der Waals surface area contributed by atoms with Crippen molar-refractivity contribution < 1.29 is 28.6 Å². The summed E-state index contributed by atoms with van der Waals surface area (Å²) in [5.41, 5.74) is 1.90. The van der Waals surface area contributed by atoms with Gasteiger partial charge in [-0.25, -0.2) is 9.59 Å². The van der Waals surface area contributed by atoms with Crippen LogP contribution in [0.5, 0.6) is 5.75 Å². The van der Waals surface area contributed by atoms with Gasteiger partial charge in [-0.2, -0.15) is 0 Å². The van der Waals surface area contributed by atoms with E-state index >= 15 is 0 Å². The number of nitrogens with one attached hydrogen (secondary N) is 1. The summed E-state index contributed by atoms with van der Waals surface area (Å²) >= 11 is 0. The summed E-state index contributed by atoms with van der Waals surface area (Å²) in [7, 11) is 0. The predicted molar refractivity (Wildman–Crippen MR) is 103 cm³/mol. The zero-order valence-corrected chi connectivity index (χ0v) is 16.6. The normalized spacial score (nSPS) is 10.4. The Morgan fingerprint density at radius 3 is 2.25 bits per heavy atom. The number of ketones is 1. The van der Waals surface area contributed by atoms with Crippen molar-refractivity contribution >= 4 is 17.7 Å². The largest absolute Gasteiger partial charge is 0.494 e. The van der Waals surface area contributed by atoms with Crippen molar-refractivity contribution in [1.29, 1.82) is 0 Å². The standard InChI is InChI=1S/C21H25NO6/c1-5-11-27-16-9-7-15(8-10-16)20(24)28-12-17(23)19-13(3)18(14(4)22-19)21(25)26-6-2/h7-10,22H,5-6,11-12H2,1-4H3. The zero-order valence-electron chi connectivity index (χ0n) is 16.6. The average Bonchev–Trinajstić information content (AvgIpc) is 2.99. The third-order valence-corrected chi connectivity index (χ3v) is 4.09.